The maximum Gasteiger partial charge on any atom is 0.239 e. The monoisotopic (exact) mass is 314 g/mol. The predicted molar refractivity (Wildman–Crippen MR) is 85.6 cm³/mol. The first kappa shape index (κ1) is 17.4. The SMILES string of the molecule is CCC(CC)NC(=O)CNc1cc(OC)c(Cl)cc1OC. The topological polar surface area (TPSA) is 59.6 Å². The molecule has 0 aromatic heterocycles. The van der Waals surface area contributed by atoms with Gasteiger partial charge < -0.3 is 20.1 Å². The van der Waals surface area contributed by atoms with Crippen LogP contribution >= 0.6 is 11.6 Å². The Labute approximate surface area is 131 Å². The van der Waals surface area contributed by atoms with Crippen LogP contribution in [0.4, 0.5) is 5.69 Å². The van der Waals surface area contributed by atoms with E-state index in [9.17, 15) is 4.79 Å². The average Bonchev–Trinajstić information content (AvgIpc) is 2.50. The van der Waals surface area contributed by atoms with Crippen molar-refractivity contribution in [2.75, 3.05) is 26.1 Å². The minimum atomic E-state index is -0.0559. The van der Waals surface area contributed by atoms with Gasteiger partial charge in [-0.05, 0) is 12.8 Å². The fourth-order valence-electron chi connectivity index (χ4n) is 1.95. The lowest BCUT2D eigenvalue weighted by molar-refractivity contribution is -0.120. The highest BCUT2D eigenvalue weighted by Gasteiger charge is 2.12. The van der Waals surface area contributed by atoms with Crippen LogP contribution in [0.15, 0.2) is 12.1 Å². The first-order chi connectivity index (χ1) is 10.0. The largest absolute Gasteiger partial charge is 0.495 e. The normalized spacial score (nSPS) is 10.4. The van der Waals surface area contributed by atoms with Gasteiger partial charge in [-0.1, -0.05) is 25.4 Å². The van der Waals surface area contributed by atoms with E-state index in [0.717, 1.165) is 12.8 Å². The highest BCUT2D eigenvalue weighted by molar-refractivity contribution is 6.32. The molecule has 0 saturated heterocycles. The van der Waals surface area contributed by atoms with E-state index in [2.05, 4.69) is 24.5 Å². The smallest absolute Gasteiger partial charge is 0.239 e. The van der Waals surface area contributed by atoms with Crippen LogP contribution in [0, 0.1) is 0 Å². The predicted octanol–water partition coefficient (Wildman–Crippen LogP) is 3.07. The number of methoxy groups -OCH3 is 2. The first-order valence-corrected chi connectivity index (χ1v) is 7.38. The summed E-state index contributed by atoms with van der Waals surface area (Å²) >= 11 is 6.04. The third-order valence-electron chi connectivity index (χ3n) is 3.26. The van der Waals surface area contributed by atoms with Crippen LogP contribution in [0.25, 0.3) is 0 Å². The fraction of sp³-hybridized carbons (Fsp3) is 0.533. The summed E-state index contributed by atoms with van der Waals surface area (Å²) in [6, 6.07) is 3.58. The minimum Gasteiger partial charge on any atom is -0.495 e. The van der Waals surface area contributed by atoms with Gasteiger partial charge in [-0.3, -0.25) is 4.79 Å². The van der Waals surface area contributed by atoms with Gasteiger partial charge in [0.1, 0.15) is 11.5 Å². The van der Waals surface area contributed by atoms with E-state index in [1.165, 1.54) is 7.11 Å². The van der Waals surface area contributed by atoms with Gasteiger partial charge in [0.05, 0.1) is 31.5 Å². The van der Waals surface area contributed by atoms with Crippen LogP contribution in [0.5, 0.6) is 11.5 Å². The molecule has 5 nitrogen and oxygen atoms in total. The Hall–Kier alpha value is -1.62. The number of carbonyl (C=O) groups is 1. The molecule has 0 aliphatic rings. The number of amides is 1. The fourth-order valence-corrected chi connectivity index (χ4v) is 2.18. The van der Waals surface area contributed by atoms with Crippen molar-refractivity contribution in [1.29, 1.82) is 0 Å². The molecule has 0 aliphatic heterocycles. The van der Waals surface area contributed by atoms with Crippen LogP contribution < -0.4 is 20.1 Å². The van der Waals surface area contributed by atoms with Gasteiger partial charge in [0.2, 0.25) is 5.91 Å². The van der Waals surface area contributed by atoms with E-state index in [4.69, 9.17) is 21.1 Å². The van der Waals surface area contributed by atoms with Gasteiger partial charge in [0.15, 0.2) is 0 Å². The van der Waals surface area contributed by atoms with Gasteiger partial charge in [-0.15, -0.1) is 0 Å². The molecule has 0 heterocycles. The van der Waals surface area contributed by atoms with Crippen LogP contribution in [0.2, 0.25) is 5.02 Å². The van der Waals surface area contributed by atoms with Gasteiger partial charge >= 0.3 is 0 Å². The molecule has 118 valence electrons. The molecule has 0 radical (unpaired) electrons. The van der Waals surface area contributed by atoms with E-state index in [1.54, 1.807) is 19.2 Å². The molecule has 1 aromatic carbocycles. The molecule has 0 saturated carbocycles. The molecule has 0 bridgehead atoms. The molecule has 0 unspecified atom stereocenters. The quantitative estimate of drug-likeness (QED) is 0.774. The number of ether oxygens (including phenoxy) is 2. The third kappa shape index (κ3) is 5.01. The second-order valence-electron chi connectivity index (χ2n) is 4.62. The number of rotatable bonds is 8. The van der Waals surface area contributed by atoms with Crippen molar-refractivity contribution in [2.45, 2.75) is 32.7 Å². The van der Waals surface area contributed by atoms with Crippen molar-refractivity contribution in [2.24, 2.45) is 0 Å². The molecule has 1 amide bonds. The Morgan fingerprint density at radius 1 is 1.19 bits per heavy atom. The zero-order chi connectivity index (χ0) is 15.8. The summed E-state index contributed by atoms with van der Waals surface area (Å²) in [5, 5.41) is 6.47. The van der Waals surface area contributed by atoms with Crippen molar-refractivity contribution in [1.82, 2.24) is 5.32 Å². The van der Waals surface area contributed by atoms with E-state index < -0.39 is 0 Å². The van der Waals surface area contributed by atoms with E-state index in [-0.39, 0.29) is 18.5 Å². The summed E-state index contributed by atoms with van der Waals surface area (Å²) in [7, 11) is 3.09. The highest BCUT2D eigenvalue weighted by Crippen LogP contribution is 2.35. The Morgan fingerprint density at radius 2 is 1.81 bits per heavy atom. The van der Waals surface area contributed by atoms with Gasteiger partial charge in [-0.2, -0.15) is 0 Å². The zero-order valence-corrected chi connectivity index (χ0v) is 13.7. The molecule has 0 fully saturated rings. The van der Waals surface area contributed by atoms with E-state index in [1.807, 2.05) is 0 Å². The van der Waals surface area contributed by atoms with Crippen LogP contribution in [-0.2, 0) is 4.79 Å². The van der Waals surface area contributed by atoms with E-state index >= 15 is 0 Å². The summed E-state index contributed by atoms with van der Waals surface area (Å²) in [6.45, 7) is 4.27. The maximum absolute atomic E-state index is 11.9. The molecular weight excluding hydrogens is 292 g/mol. The summed E-state index contributed by atoms with van der Waals surface area (Å²) in [4.78, 5) is 11.9. The van der Waals surface area contributed by atoms with E-state index in [0.29, 0.717) is 22.2 Å². The molecule has 0 aliphatic carbocycles. The molecule has 1 rings (SSSR count). The van der Waals surface area contributed by atoms with Gasteiger partial charge in [0.25, 0.3) is 0 Å². The lowest BCUT2D eigenvalue weighted by Gasteiger charge is -2.17. The second kappa shape index (κ2) is 8.62. The summed E-state index contributed by atoms with van der Waals surface area (Å²) < 4.78 is 10.4. The standard InChI is InChI=1S/C15H23ClN2O3/c1-5-10(6-2)18-15(19)9-17-12-8-13(20-3)11(16)7-14(12)21-4/h7-8,10,17H,5-6,9H2,1-4H3,(H,18,19). The van der Waals surface area contributed by atoms with Crippen molar-refractivity contribution in [3.05, 3.63) is 17.2 Å². The summed E-state index contributed by atoms with van der Waals surface area (Å²) in [5.74, 6) is 1.04. The van der Waals surface area contributed by atoms with Crippen molar-refractivity contribution in [3.63, 3.8) is 0 Å². The Morgan fingerprint density at radius 3 is 2.33 bits per heavy atom. The van der Waals surface area contributed by atoms with Crippen LogP contribution in [0.3, 0.4) is 0 Å². The maximum atomic E-state index is 11.9. The molecule has 6 heteroatoms. The number of anilines is 1. The average molecular weight is 315 g/mol. The van der Waals surface area contributed by atoms with Crippen molar-refractivity contribution < 1.29 is 14.3 Å². The Kier molecular flexibility index (Phi) is 7.15. The number of carbonyl (C=O) groups excluding carboxylic acids is 1. The van der Waals surface area contributed by atoms with Gasteiger partial charge in [-0.25, -0.2) is 0 Å². The zero-order valence-electron chi connectivity index (χ0n) is 13.0. The lowest BCUT2D eigenvalue weighted by Crippen LogP contribution is -2.37. The number of hydrogen-bond acceptors (Lipinski definition) is 4. The van der Waals surface area contributed by atoms with Crippen LogP contribution in [-0.4, -0.2) is 32.7 Å². The Balaban J connectivity index is 2.72. The number of benzene rings is 1. The molecule has 21 heavy (non-hydrogen) atoms. The molecule has 0 spiro atoms. The Bertz CT molecular complexity index is 476. The molecular formula is C15H23ClN2O3. The second-order valence-corrected chi connectivity index (χ2v) is 5.03. The minimum absolute atomic E-state index is 0.0559. The summed E-state index contributed by atoms with van der Waals surface area (Å²) in [6.07, 6.45) is 1.83. The van der Waals surface area contributed by atoms with Crippen molar-refractivity contribution >= 4 is 23.2 Å². The molecule has 0 atom stereocenters. The number of nitrogens with one attached hydrogen (secondary N) is 2. The first-order valence-electron chi connectivity index (χ1n) is 7.00. The molecule has 2 N–H and O–H groups in total. The molecule has 1 aromatic rings. The number of hydrogen-bond donors (Lipinski definition) is 2. The lowest BCUT2D eigenvalue weighted by atomic mass is 10.2. The van der Waals surface area contributed by atoms with Crippen molar-refractivity contribution in [3.8, 4) is 11.5 Å². The van der Waals surface area contributed by atoms with Crippen LogP contribution in [0.1, 0.15) is 26.7 Å². The number of halogens is 1. The third-order valence-corrected chi connectivity index (χ3v) is 3.56. The van der Waals surface area contributed by atoms with Gasteiger partial charge in [0, 0.05) is 18.2 Å². The summed E-state index contributed by atoms with van der Waals surface area (Å²) in [5.41, 5.74) is 0.665. The highest BCUT2D eigenvalue weighted by atomic mass is 35.5.